The number of aromatic nitrogens is 1. The largest absolute Gasteiger partial charge is 0.364 e. The smallest absolute Gasteiger partial charge is 0.193 e. The van der Waals surface area contributed by atoms with Crippen molar-refractivity contribution in [1.82, 2.24) is 15.4 Å². The third-order valence-corrected chi connectivity index (χ3v) is 2.71. The summed E-state index contributed by atoms with van der Waals surface area (Å²) >= 11 is 0. The van der Waals surface area contributed by atoms with Gasteiger partial charge < -0.3 is 14.7 Å². The Labute approximate surface area is 95.5 Å². The van der Waals surface area contributed by atoms with Crippen molar-refractivity contribution in [3.63, 3.8) is 0 Å². The SMILES string of the molecule is CN=C(NCC1CC1)N(C)Cc1ccon1. The van der Waals surface area contributed by atoms with Gasteiger partial charge in [-0.05, 0) is 18.8 Å². The Hall–Kier alpha value is -1.52. The third kappa shape index (κ3) is 2.98. The average molecular weight is 222 g/mol. The van der Waals surface area contributed by atoms with Crippen molar-refractivity contribution in [2.75, 3.05) is 20.6 Å². The molecule has 0 bridgehead atoms. The molecule has 0 atom stereocenters. The lowest BCUT2D eigenvalue weighted by molar-refractivity contribution is 0.391. The highest BCUT2D eigenvalue weighted by Crippen LogP contribution is 2.27. The van der Waals surface area contributed by atoms with E-state index < -0.39 is 0 Å². The Kier molecular flexibility index (Phi) is 3.44. The number of aliphatic imine (C=N–C) groups is 1. The van der Waals surface area contributed by atoms with E-state index in [-0.39, 0.29) is 0 Å². The molecule has 1 aromatic heterocycles. The van der Waals surface area contributed by atoms with Crippen LogP contribution in [0, 0.1) is 5.92 Å². The second-order valence-electron chi connectivity index (χ2n) is 4.22. The minimum Gasteiger partial charge on any atom is -0.364 e. The zero-order chi connectivity index (χ0) is 11.4. The molecule has 0 spiro atoms. The van der Waals surface area contributed by atoms with Crippen LogP contribution >= 0.6 is 0 Å². The summed E-state index contributed by atoms with van der Waals surface area (Å²) in [5.74, 6) is 1.76. The molecule has 1 saturated carbocycles. The number of hydrogen-bond donors (Lipinski definition) is 1. The zero-order valence-electron chi connectivity index (χ0n) is 9.81. The van der Waals surface area contributed by atoms with E-state index >= 15 is 0 Å². The number of hydrogen-bond acceptors (Lipinski definition) is 3. The summed E-state index contributed by atoms with van der Waals surface area (Å²) in [6, 6.07) is 1.87. The molecule has 1 heterocycles. The molecule has 16 heavy (non-hydrogen) atoms. The van der Waals surface area contributed by atoms with Crippen molar-refractivity contribution in [3.8, 4) is 0 Å². The van der Waals surface area contributed by atoms with Crippen LogP contribution < -0.4 is 5.32 Å². The number of rotatable bonds is 4. The minimum absolute atomic E-state index is 0.709. The molecule has 0 radical (unpaired) electrons. The van der Waals surface area contributed by atoms with Gasteiger partial charge in [0.15, 0.2) is 5.96 Å². The van der Waals surface area contributed by atoms with Crippen LogP contribution in [0.4, 0.5) is 0 Å². The minimum atomic E-state index is 0.709. The van der Waals surface area contributed by atoms with Crippen LogP contribution in [-0.4, -0.2) is 36.7 Å². The van der Waals surface area contributed by atoms with Crippen LogP contribution in [0.5, 0.6) is 0 Å². The van der Waals surface area contributed by atoms with Gasteiger partial charge in [0.1, 0.15) is 12.0 Å². The molecule has 0 amide bonds. The van der Waals surface area contributed by atoms with Gasteiger partial charge in [-0.3, -0.25) is 4.99 Å². The fourth-order valence-electron chi connectivity index (χ4n) is 1.58. The Morgan fingerprint density at radius 1 is 1.69 bits per heavy atom. The normalized spacial score (nSPS) is 16.2. The second-order valence-corrected chi connectivity index (χ2v) is 4.22. The highest BCUT2D eigenvalue weighted by atomic mass is 16.5. The van der Waals surface area contributed by atoms with Crippen LogP contribution in [0.15, 0.2) is 21.8 Å². The molecule has 88 valence electrons. The quantitative estimate of drug-likeness (QED) is 0.612. The molecule has 1 aliphatic carbocycles. The van der Waals surface area contributed by atoms with E-state index in [9.17, 15) is 0 Å². The van der Waals surface area contributed by atoms with Crippen LogP contribution in [0.1, 0.15) is 18.5 Å². The Balaban J connectivity index is 1.82. The van der Waals surface area contributed by atoms with Crippen molar-refractivity contribution < 1.29 is 4.52 Å². The third-order valence-electron chi connectivity index (χ3n) is 2.71. The van der Waals surface area contributed by atoms with Gasteiger partial charge in [-0.2, -0.15) is 0 Å². The highest BCUT2D eigenvalue weighted by molar-refractivity contribution is 5.79. The Bertz CT molecular complexity index is 343. The number of nitrogens with one attached hydrogen (secondary N) is 1. The number of nitrogens with zero attached hydrogens (tertiary/aromatic N) is 3. The Morgan fingerprint density at radius 2 is 2.50 bits per heavy atom. The second kappa shape index (κ2) is 5.01. The maximum Gasteiger partial charge on any atom is 0.193 e. The zero-order valence-corrected chi connectivity index (χ0v) is 9.81. The molecule has 1 N–H and O–H groups in total. The summed E-state index contributed by atoms with van der Waals surface area (Å²) in [6.45, 7) is 1.73. The molecule has 0 aromatic carbocycles. The topological polar surface area (TPSA) is 53.7 Å². The molecule has 5 heteroatoms. The van der Waals surface area contributed by atoms with Crippen molar-refractivity contribution in [2.45, 2.75) is 19.4 Å². The van der Waals surface area contributed by atoms with Crippen LogP contribution in [-0.2, 0) is 6.54 Å². The van der Waals surface area contributed by atoms with Gasteiger partial charge in [0.25, 0.3) is 0 Å². The van der Waals surface area contributed by atoms with Crippen LogP contribution in [0.25, 0.3) is 0 Å². The molecule has 0 aliphatic heterocycles. The van der Waals surface area contributed by atoms with E-state index in [2.05, 4.69) is 15.5 Å². The first-order valence-corrected chi connectivity index (χ1v) is 5.60. The fourth-order valence-corrected chi connectivity index (χ4v) is 1.58. The van der Waals surface area contributed by atoms with Gasteiger partial charge in [-0.25, -0.2) is 0 Å². The van der Waals surface area contributed by atoms with Crippen LogP contribution in [0.2, 0.25) is 0 Å². The monoisotopic (exact) mass is 222 g/mol. The van der Waals surface area contributed by atoms with E-state index in [1.54, 1.807) is 13.3 Å². The van der Waals surface area contributed by atoms with Crippen molar-refractivity contribution >= 4 is 5.96 Å². The van der Waals surface area contributed by atoms with Gasteiger partial charge >= 0.3 is 0 Å². The van der Waals surface area contributed by atoms with E-state index in [0.717, 1.165) is 24.1 Å². The molecule has 1 aromatic rings. The summed E-state index contributed by atoms with van der Waals surface area (Å²) in [4.78, 5) is 6.28. The first-order chi connectivity index (χ1) is 7.79. The van der Waals surface area contributed by atoms with E-state index in [0.29, 0.717) is 6.54 Å². The highest BCUT2D eigenvalue weighted by Gasteiger charge is 2.21. The van der Waals surface area contributed by atoms with E-state index in [4.69, 9.17) is 4.52 Å². The van der Waals surface area contributed by atoms with Crippen LogP contribution in [0.3, 0.4) is 0 Å². The molecule has 1 aliphatic rings. The maximum absolute atomic E-state index is 4.80. The first-order valence-electron chi connectivity index (χ1n) is 5.60. The summed E-state index contributed by atoms with van der Waals surface area (Å²) in [7, 11) is 3.80. The number of guanidine groups is 1. The lowest BCUT2D eigenvalue weighted by atomic mass is 10.4. The predicted molar refractivity (Wildman–Crippen MR) is 62.1 cm³/mol. The molecule has 0 unspecified atom stereocenters. The summed E-state index contributed by atoms with van der Waals surface area (Å²) < 4.78 is 4.80. The molecule has 0 saturated heterocycles. The van der Waals surface area contributed by atoms with Crippen molar-refractivity contribution in [2.24, 2.45) is 10.9 Å². The van der Waals surface area contributed by atoms with Gasteiger partial charge in [-0.1, -0.05) is 5.16 Å². The Morgan fingerprint density at radius 3 is 3.06 bits per heavy atom. The predicted octanol–water partition coefficient (Wildman–Crippen LogP) is 1.09. The lowest BCUT2D eigenvalue weighted by Gasteiger charge is -2.20. The van der Waals surface area contributed by atoms with Gasteiger partial charge in [0.05, 0.1) is 6.54 Å². The molecular weight excluding hydrogens is 204 g/mol. The van der Waals surface area contributed by atoms with E-state index in [1.807, 2.05) is 18.0 Å². The summed E-state index contributed by atoms with van der Waals surface area (Å²) in [5, 5.41) is 7.24. The first kappa shape index (κ1) is 11.0. The average Bonchev–Trinajstić information content (AvgIpc) is 2.96. The summed E-state index contributed by atoms with van der Waals surface area (Å²) in [5.41, 5.74) is 0.914. The van der Waals surface area contributed by atoms with Gasteiger partial charge in [0, 0.05) is 26.7 Å². The molecule has 5 nitrogen and oxygen atoms in total. The molecule has 2 rings (SSSR count). The van der Waals surface area contributed by atoms with E-state index in [1.165, 1.54) is 12.8 Å². The fraction of sp³-hybridized carbons (Fsp3) is 0.636. The lowest BCUT2D eigenvalue weighted by Crippen LogP contribution is -2.39. The van der Waals surface area contributed by atoms with Gasteiger partial charge in [0.2, 0.25) is 0 Å². The summed E-state index contributed by atoms with van der Waals surface area (Å²) in [6.07, 6.45) is 4.28. The molecular formula is C11H18N4O. The standard InChI is InChI=1S/C11H18N4O/c1-12-11(13-7-9-3-4-9)15(2)8-10-5-6-16-14-10/h5-6,9H,3-4,7-8H2,1-2H3,(H,12,13). The molecule has 1 fully saturated rings. The van der Waals surface area contributed by atoms with Crippen molar-refractivity contribution in [1.29, 1.82) is 0 Å². The van der Waals surface area contributed by atoms with Gasteiger partial charge in [-0.15, -0.1) is 0 Å². The maximum atomic E-state index is 4.80. The van der Waals surface area contributed by atoms with Crippen molar-refractivity contribution in [3.05, 3.63) is 18.0 Å².